The fourth-order valence-corrected chi connectivity index (χ4v) is 2.56. The Balaban J connectivity index is 2.92. The van der Waals surface area contributed by atoms with Gasteiger partial charge in [0.1, 0.15) is 6.04 Å². The maximum Gasteiger partial charge on any atom is 0.321 e. The first-order valence-electron chi connectivity index (χ1n) is 5.89. The van der Waals surface area contributed by atoms with E-state index >= 15 is 0 Å². The summed E-state index contributed by atoms with van der Waals surface area (Å²) in [6.45, 7) is 5.29. The molecule has 0 bridgehead atoms. The minimum atomic E-state index is -0.824. The molecule has 0 radical (unpaired) electrons. The molecule has 0 aliphatic heterocycles. The second-order valence-corrected chi connectivity index (χ2v) is 4.93. The average Bonchev–Trinajstić information content (AvgIpc) is 2.27. The maximum absolute atomic E-state index is 11.3. The van der Waals surface area contributed by atoms with Crippen LogP contribution in [0.25, 0.3) is 0 Å². The summed E-state index contributed by atoms with van der Waals surface area (Å²) in [4.78, 5) is 13.2. The molecule has 1 N–H and O–H groups in total. The molecule has 3 nitrogen and oxygen atoms in total. The first-order chi connectivity index (χ1) is 8.47. The van der Waals surface area contributed by atoms with E-state index in [4.69, 9.17) is 23.2 Å². The first kappa shape index (κ1) is 15.3. The van der Waals surface area contributed by atoms with Gasteiger partial charge in [-0.1, -0.05) is 37.0 Å². The topological polar surface area (TPSA) is 40.5 Å². The van der Waals surface area contributed by atoms with E-state index in [9.17, 15) is 9.90 Å². The normalized spacial score (nSPS) is 12.7. The van der Waals surface area contributed by atoms with Crippen LogP contribution in [0.1, 0.15) is 19.4 Å². The summed E-state index contributed by atoms with van der Waals surface area (Å²) in [6, 6.07) is 4.61. The summed E-state index contributed by atoms with van der Waals surface area (Å²) < 4.78 is 0. The van der Waals surface area contributed by atoms with Crippen molar-refractivity contribution in [3.05, 3.63) is 33.8 Å². The van der Waals surface area contributed by atoms with Gasteiger partial charge in [0.15, 0.2) is 0 Å². The van der Waals surface area contributed by atoms with Crippen LogP contribution in [0.4, 0.5) is 0 Å². The number of hydrogen-bond acceptors (Lipinski definition) is 2. The number of likely N-dealkylation sites (N-methyl/N-ethyl adjacent to an activating group) is 1. The van der Waals surface area contributed by atoms with Crippen molar-refractivity contribution >= 4 is 29.2 Å². The molecule has 0 aromatic heterocycles. The Morgan fingerprint density at radius 3 is 2.11 bits per heavy atom. The number of carboxylic acid groups (broad SMARTS) is 1. The first-order valence-corrected chi connectivity index (χ1v) is 6.65. The summed E-state index contributed by atoms with van der Waals surface area (Å²) in [5.74, 6) is -0.824. The highest BCUT2D eigenvalue weighted by Gasteiger charge is 2.23. The largest absolute Gasteiger partial charge is 0.480 e. The second-order valence-electron chi connectivity index (χ2n) is 4.06. The molecular formula is C13H17Cl2NO2. The molecule has 0 unspecified atom stereocenters. The lowest BCUT2D eigenvalue weighted by Crippen LogP contribution is -2.42. The van der Waals surface area contributed by atoms with Gasteiger partial charge in [-0.2, -0.15) is 0 Å². The summed E-state index contributed by atoms with van der Waals surface area (Å²) in [5, 5.41) is 10.4. The molecule has 0 aliphatic carbocycles. The number of carboxylic acids is 1. The van der Waals surface area contributed by atoms with Crippen molar-refractivity contribution in [2.45, 2.75) is 26.3 Å². The van der Waals surface area contributed by atoms with Crippen molar-refractivity contribution < 1.29 is 9.90 Å². The van der Waals surface area contributed by atoms with Crippen molar-refractivity contribution in [3.63, 3.8) is 0 Å². The molecule has 0 fully saturated rings. The minimum Gasteiger partial charge on any atom is -0.480 e. The highest BCUT2D eigenvalue weighted by atomic mass is 35.5. The van der Waals surface area contributed by atoms with Crippen molar-refractivity contribution in [2.75, 3.05) is 13.1 Å². The molecule has 18 heavy (non-hydrogen) atoms. The number of aliphatic carboxylic acids is 1. The Morgan fingerprint density at radius 1 is 1.22 bits per heavy atom. The maximum atomic E-state index is 11.3. The number of carbonyl (C=O) groups is 1. The van der Waals surface area contributed by atoms with Gasteiger partial charge in [0, 0.05) is 10.0 Å². The Kier molecular flexibility index (Phi) is 5.93. The zero-order valence-corrected chi connectivity index (χ0v) is 12.0. The predicted octanol–water partition coefficient (Wildman–Crippen LogP) is 3.33. The molecule has 0 spiro atoms. The lowest BCUT2D eigenvalue weighted by molar-refractivity contribution is -0.143. The van der Waals surface area contributed by atoms with Gasteiger partial charge in [-0.15, -0.1) is 0 Å². The third kappa shape index (κ3) is 4.16. The van der Waals surface area contributed by atoms with E-state index < -0.39 is 12.0 Å². The Bertz CT molecular complexity index is 399. The van der Waals surface area contributed by atoms with E-state index in [1.165, 1.54) is 0 Å². The molecule has 0 heterocycles. The van der Waals surface area contributed by atoms with Crippen LogP contribution >= 0.6 is 23.2 Å². The minimum absolute atomic E-state index is 0.400. The molecular weight excluding hydrogens is 273 g/mol. The van der Waals surface area contributed by atoms with Crippen molar-refractivity contribution in [3.8, 4) is 0 Å². The molecule has 0 saturated heterocycles. The van der Waals surface area contributed by atoms with Crippen LogP contribution in [0, 0.1) is 0 Å². The van der Waals surface area contributed by atoms with Crippen molar-refractivity contribution in [1.29, 1.82) is 0 Å². The second kappa shape index (κ2) is 6.98. The van der Waals surface area contributed by atoms with Crippen LogP contribution in [-0.4, -0.2) is 35.1 Å². The number of halogens is 2. The predicted molar refractivity (Wildman–Crippen MR) is 74.5 cm³/mol. The van der Waals surface area contributed by atoms with E-state index in [1.54, 1.807) is 18.2 Å². The van der Waals surface area contributed by atoms with Gasteiger partial charge < -0.3 is 5.11 Å². The summed E-state index contributed by atoms with van der Waals surface area (Å²) in [5.41, 5.74) is 0.840. The fourth-order valence-electron chi connectivity index (χ4n) is 1.99. The quantitative estimate of drug-likeness (QED) is 0.873. The standard InChI is InChI=1S/C13H17Cl2NO2/c1-3-16(4-2)12(13(17)18)7-9-5-10(14)8-11(15)6-9/h5-6,8,12H,3-4,7H2,1-2H3,(H,17,18)/t12-/m0/s1. The third-order valence-electron chi connectivity index (χ3n) is 2.89. The Morgan fingerprint density at radius 2 is 1.72 bits per heavy atom. The van der Waals surface area contributed by atoms with Crippen LogP contribution in [0.3, 0.4) is 0 Å². The van der Waals surface area contributed by atoms with Crippen LogP contribution < -0.4 is 0 Å². The lowest BCUT2D eigenvalue weighted by atomic mass is 10.0. The molecule has 5 heteroatoms. The van der Waals surface area contributed by atoms with Gasteiger partial charge in [0.2, 0.25) is 0 Å². The fraction of sp³-hybridized carbons (Fsp3) is 0.462. The van der Waals surface area contributed by atoms with Gasteiger partial charge in [-0.25, -0.2) is 0 Å². The molecule has 0 saturated carbocycles. The van der Waals surface area contributed by atoms with Crippen molar-refractivity contribution in [2.24, 2.45) is 0 Å². The van der Waals surface area contributed by atoms with E-state index in [0.717, 1.165) is 5.56 Å². The summed E-state index contributed by atoms with van der Waals surface area (Å²) in [6.07, 6.45) is 0.400. The number of hydrogen-bond donors (Lipinski definition) is 1. The highest BCUT2D eigenvalue weighted by molar-refractivity contribution is 6.34. The van der Waals surface area contributed by atoms with E-state index in [0.29, 0.717) is 29.6 Å². The van der Waals surface area contributed by atoms with E-state index in [-0.39, 0.29) is 0 Å². The van der Waals surface area contributed by atoms with Gasteiger partial charge in [0.25, 0.3) is 0 Å². The van der Waals surface area contributed by atoms with Crippen LogP contribution in [0.5, 0.6) is 0 Å². The van der Waals surface area contributed by atoms with Crippen LogP contribution in [-0.2, 0) is 11.2 Å². The molecule has 0 amide bonds. The molecule has 100 valence electrons. The number of rotatable bonds is 6. The SMILES string of the molecule is CCN(CC)[C@@H](Cc1cc(Cl)cc(Cl)c1)C(=O)O. The lowest BCUT2D eigenvalue weighted by Gasteiger charge is -2.26. The molecule has 1 aromatic carbocycles. The van der Waals surface area contributed by atoms with E-state index in [1.807, 2.05) is 18.7 Å². The monoisotopic (exact) mass is 289 g/mol. The number of benzene rings is 1. The number of nitrogens with zero attached hydrogens (tertiary/aromatic N) is 1. The molecule has 0 aliphatic rings. The van der Waals surface area contributed by atoms with Gasteiger partial charge in [0.05, 0.1) is 0 Å². The van der Waals surface area contributed by atoms with Crippen molar-refractivity contribution in [1.82, 2.24) is 4.90 Å². The van der Waals surface area contributed by atoms with Gasteiger partial charge in [-0.3, -0.25) is 9.69 Å². The molecule has 1 aromatic rings. The van der Waals surface area contributed by atoms with Crippen LogP contribution in [0.2, 0.25) is 10.0 Å². The highest BCUT2D eigenvalue weighted by Crippen LogP contribution is 2.21. The Hall–Kier alpha value is -0.770. The van der Waals surface area contributed by atoms with E-state index in [2.05, 4.69) is 0 Å². The zero-order chi connectivity index (χ0) is 13.7. The van der Waals surface area contributed by atoms with Gasteiger partial charge in [-0.05, 0) is 43.3 Å². The average molecular weight is 290 g/mol. The molecule has 1 rings (SSSR count). The zero-order valence-electron chi connectivity index (χ0n) is 10.5. The van der Waals surface area contributed by atoms with Crippen LogP contribution in [0.15, 0.2) is 18.2 Å². The van der Waals surface area contributed by atoms with Gasteiger partial charge >= 0.3 is 5.97 Å². The smallest absolute Gasteiger partial charge is 0.321 e. The third-order valence-corrected chi connectivity index (χ3v) is 3.33. The summed E-state index contributed by atoms with van der Waals surface area (Å²) in [7, 11) is 0. The summed E-state index contributed by atoms with van der Waals surface area (Å²) >= 11 is 11.8. The molecule has 1 atom stereocenters. The Labute approximate surface area is 117 Å².